The standard InChI is InChI=1S/C26H36BClO6/c1-14-16(9-10-18(22(14)15(2)29)31-23(30)32-24(3,4)5)11-21(28)27-33-20-13-17-12-19(25(17,6)7)26(20,8)34-27/h9-10,17,19-21H,11-13H2,1-8H3/t17?,19?,20?,21-,26+/m1/s1. The van der Waals surface area contributed by atoms with Crippen LogP contribution in [-0.4, -0.2) is 41.6 Å². The average Bonchev–Trinajstić information content (AvgIpc) is 3.05. The third kappa shape index (κ3) is 4.40. The van der Waals surface area contributed by atoms with Gasteiger partial charge in [0.2, 0.25) is 0 Å². The maximum absolute atomic E-state index is 12.4. The molecule has 186 valence electrons. The van der Waals surface area contributed by atoms with Crippen LogP contribution in [0.3, 0.4) is 0 Å². The molecule has 1 saturated heterocycles. The Morgan fingerprint density at radius 2 is 1.91 bits per heavy atom. The molecule has 0 radical (unpaired) electrons. The van der Waals surface area contributed by atoms with Gasteiger partial charge in [0.1, 0.15) is 11.4 Å². The summed E-state index contributed by atoms with van der Waals surface area (Å²) in [6.07, 6.45) is 1.87. The number of Topliss-reactive ketones (excluding diaryl/α,β-unsaturated/α-hetero) is 1. The summed E-state index contributed by atoms with van der Waals surface area (Å²) in [4.78, 5) is 24.6. The van der Waals surface area contributed by atoms with E-state index in [1.807, 2.05) is 13.0 Å². The number of hydrogen-bond acceptors (Lipinski definition) is 6. The fourth-order valence-corrected chi connectivity index (χ4v) is 6.47. The maximum atomic E-state index is 12.4. The molecule has 5 atom stereocenters. The predicted molar refractivity (Wildman–Crippen MR) is 132 cm³/mol. The van der Waals surface area contributed by atoms with Crippen LogP contribution in [0.4, 0.5) is 4.79 Å². The van der Waals surface area contributed by atoms with E-state index in [1.54, 1.807) is 26.8 Å². The number of ether oxygens (including phenoxy) is 2. The molecule has 3 aliphatic carbocycles. The fraction of sp³-hybridized carbons (Fsp3) is 0.692. The van der Waals surface area contributed by atoms with Gasteiger partial charge in [-0.25, -0.2) is 4.79 Å². The van der Waals surface area contributed by atoms with Crippen molar-refractivity contribution in [1.82, 2.24) is 0 Å². The van der Waals surface area contributed by atoms with Gasteiger partial charge < -0.3 is 18.8 Å². The molecule has 0 spiro atoms. The van der Waals surface area contributed by atoms with E-state index in [4.69, 9.17) is 30.4 Å². The van der Waals surface area contributed by atoms with Crippen molar-refractivity contribution in [2.75, 3.05) is 0 Å². The van der Waals surface area contributed by atoms with Crippen molar-refractivity contribution in [2.24, 2.45) is 17.3 Å². The van der Waals surface area contributed by atoms with E-state index in [0.29, 0.717) is 23.8 Å². The lowest BCUT2D eigenvalue weighted by Crippen LogP contribution is -2.65. The zero-order valence-electron chi connectivity index (χ0n) is 21.5. The van der Waals surface area contributed by atoms with Crippen LogP contribution in [0.2, 0.25) is 0 Å². The molecular formula is C26H36BClO6. The number of carbonyl (C=O) groups excluding carboxylic acids is 2. The van der Waals surface area contributed by atoms with Crippen LogP contribution >= 0.6 is 11.6 Å². The average molecular weight is 491 g/mol. The summed E-state index contributed by atoms with van der Waals surface area (Å²) in [6.45, 7) is 15.4. The highest BCUT2D eigenvalue weighted by atomic mass is 35.5. The van der Waals surface area contributed by atoms with Gasteiger partial charge in [0.05, 0.1) is 22.5 Å². The molecule has 0 N–H and O–H groups in total. The molecule has 3 unspecified atom stereocenters. The molecule has 8 heteroatoms. The molecule has 4 fully saturated rings. The van der Waals surface area contributed by atoms with Crippen LogP contribution in [-0.2, 0) is 20.5 Å². The molecule has 6 nitrogen and oxygen atoms in total. The number of ketones is 1. The van der Waals surface area contributed by atoms with Gasteiger partial charge in [-0.05, 0) is 95.2 Å². The molecule has 34 heavy (non-hydrogen) atoms. The molecular weight excluding hydrogens is 455 g/mol. The maximum Gasteiger partial charge on any atom is 0.514 e. The Morgan fingerprint density at radius 3 is 2.50 bits per heavy atom. The van der Waals surface area contributed by atoms with E-state index < -0.39 is 24.2 Å². The molecule has 1 heterocycles. The Bertz CT molecular complexity index is 1000. The van der Waals surface area contributed by atoms with Crippen molar-refractivity contribution in [3.8, 4) is 5.75 Å². The van der Waals surface area contributed by atoms with Crippen molar-refractivity contribution in [1.29, 1.82) is 0 Å². The summed E-state index contributed by atoms with van der Waals surface area (Å²) in [5, 5.41) is -0.418. The van der Waals surface area contributed by atoms with E-state index >= 15 is 0 Å². The van der Waals surface area contributed by atoms with Crippen molar-refractivity contribution < 1.29 is 28.4 Å². The first-order chi connectivity index (χ1) is 15.6. The zero-order valence-corrected chi connectivity index (χ0v) is 22.2. The molecule has 5 rings (SSSR count). The highest BCUT2D eigenvalue weighted by Crippen LogP contribution is 2.65. The van der Waals surface area contributed by atoms with Gasteiger partial charge in [0.15, 0.2) is 5.78 Å². The second-order valence-electron chi connectivity index (χ2n) is 11.9. The van der Waals surface area contributed by atoms with Crippen molar-refractivity contribution in [2.45, 2.75) is 97.2 Å². The summed E-state index contributed by atoms with van der Waals surface area (Å²) in [5.41, 5.74) is 1.22. The van der Waals surface area contributed by atoms with Crippen molar-refractivity contribution in [3.05, 3.63) is 28.8 Å². The first-order valence-corrected chi connectivity index (χ1v) is 12.6. The molecule has 1 aliphatic heterocycles. The summed E-state index contributed by atoms with van der Waals surface area (Å²) in [5.74, 6) is 1.12. The topological polar surface area (TPSA) is 71.1 Å². The minimum Gasteiger partial charge on any atom is -0.428 e. The molecule has 4 aliphatic rings. The molecule has 0 aromatic heterocycles. The van der Waals surface area contributed by atoms with Crippen LogP contribution in [0, 0.1) is 24.2 Å². The van der Waals surface area contributed by atoms with Gasteiger partial charge in [-0.1, -0.05) is 19.9 Å². The summed E-state index contributed by atoms with van der Waals surface area (Å²) in [6, 6.07) is 3.46. The van der Waals surface area contributed by atoms with Gasteiger partial charge >= 0.3 is 13.3 Å². The minimum atomic E-state index is -0.845. The Kier molecular flexibility index (Phi) is 6.40. The van der Waals surface area contributed by atoms with E-state index in [2.05, 4.69) is 20.8 Å². The second kappa shape index (κ2) is 8.53. The Hall–Kier alpha value is -1.57. The number of benzene rings is 1. The number of alkyl halides is 1. The second-order valence-corrected chi connectivity index (χ2v) is 12.5. The van der Waals surface area contributed by atoms with E-state index in [9.17, 15) is 9.59 Å². The van der Waals surface area contributed by atoms with Crippen LogP contribution in [0.15, 0.2) is 12.1 Å². The Labute approximate surface area is 208 Å². The third-order valence-corrected chi connectivity index (χ3v) is 8.51. The van der Waals surface area contributed by atoms with Crippen LogP contribution in [0.25, 0.3) is 0 Å². The fourth-order valence-electron chi connectivity index (χ4n) is 6.19. The highest BCUT2D eigenvalue weighted by Gasteiger charge is 2.68. The Balaban J connectivity index is 1.49. The normalized spacial score (nSPS) is 30.3. The Morgan fingerprint density at radius 1 is 1.24 bits per heavy atom. The predicted octanol–water partition coefficient (Wildman–Crippen LogP) is 5.93. The van der Waals surface area contributed by atoms with Crippen LogP contribution in [0.1, 0.15) is 82.8 Å². The van der Waals surface area contributed by atoms with E-state index in [1.165, 1.54) is 13.3 Å². The highest BCUT2D eigenvalue weighted by molar-refractivity contribution is 6.60. The number of carbonyl (C=O) groups is 2. The van der Waals surface area contributed by atoms with E-state index in [0.717, 1.165) is 17.5 Å². The largest absolute Gasteiger partial charge is 0.514 e. The molecule has 3 saturated carbocycles. The summed E-state index contributed by atoms with van der Waals surface area (Å²) >= 11 is 6.84. The number of hydrogen-bond donors (Lipinski definition) is 0. The van der Waals surface area contributed by atoms with Gasteiger partial charge in [-0.2, -0.15) is 0 Å². The minimum absolute atomic E-state index is 0.0639. The first kappa shape index (κ1) is 25.5. The molecule has 2 bridgehead atoms. The number of halogens is 1. The van der Waals surface area contributed by atoms with Gasteiger partial charge in [-0.15, -0.1) is 11.6 Å². The SMILES string of the molecule is CC(=O)c1c(OC(=O)OC(C)(C)C)ccc(C[C@@H](Cl)B2OC3CC4CC(C4(C)C)[C@]3(C)O2)c1C. The van der Waals surface area contributed by atoms with Crippen molar-refractivity contribution in [3.63, 3.8) is 0 Å². The lowest BCUT2D eigenvalue weighted by atomic mass is 9.43. The molecule has 1 aromatic rings. The van der Waals surface area contributed by atoms with Crippen LogP contribution < -0.4 is 4.74 Å². The van der Waals surface area contributed by atoms with E-state index in [-0.39, 0.29) is 28.7 Å². The molecule has 0 amide bonds. The smallest absolute Gasteiger partial charge is 0.428 e. The van der Waals surface area contributed by atoms with Gasteiger partial charge in [0, 0.05) is 0 Å². The van der Waals surface area contributed by atoms with Crippen molar-refractivity contribution >= 4 is 30.7 Å². The monoisotopic (exact) mass is 490 g/mol. The quantitative estimate of drug-likeness (QED) is 0.167. The van der Waals surface area contributed by atoms with Crippen LogP contribution in [0.5, 0.6) is 5.75 Å². The summed E-state index contributed by atoms with van der Waals surface area (Å²) in [7, 11) is -0.510. The summed E-state index contributed by atoms with van der Waals surface area (Å²) < 4.78 is 23.4. The van der Waals surface area contributed by atoms with Gasteiger partial charge in [0.25, 0.3) is 0 Å². The van der Waals surface area contributed by atoms with Gasteiger partial charge in [-0.3, -0.25) is 4.79 Å². The third-order valence-electron chi connectivity index (χ3n) is 8.15. The number of rotatable bonds is 5. The molecule has 1 aromatic carbocycles. The lowest BCUT2D eigenvalue weighted by molar-refractivity contribution is -0.199. The zero-order chi connectivity index (χ0) is 25.2. The lowest BCUT2D eigenvalue weighted by Gasteiger charge is -2.64. The first-order valence-electron chi connectivity index (χ1n) is 12.1.